The van der Waals surface area contributed by atoms with Gasteiger partial charge in [-0.2, -0.15) is 0 Å². The summed E-state index contributed by atoms with van der Waals surface area (Å²) in [6.45, 7) is 5.88. The topological polar surface area (TPSA) is 72.8 Å². The van der Waals surface area contributed by atoms with Crippen LogP contribution in [0.15, 0.2) is 64.1 Å². The summed E-state index contributed by atoms with van der Waals surface area (Å²) in [5.41, 5.74) is 2.83. The van der Waals surface area contributed by atoms with Crippen LogP contribution in [0.4, 0.5) is 10.9 Å². The van der Waals surface area contributed by atoms with Gasteiger partial charge in [0.15, 0.2) is 21.9 Å². The molecule has 0 saturated heterocycles. The maximum absolute atomic E-state index is 6.11. The van der Waals surface area contributed by atoms with Crippen LogP contribution in [-0.2, 0) is 0 Å². The average molecular weight is 494 g/mol. The van der Waals surface area contributed by atoms with Crippen molar-refractivity contribution in [2.45, 2.75) is 30.8 Å². The van der Waals surface area contributed by atoms with Crippen molar-refractivity contribution in [2.75, 3.05) is 5.32 Å². The second kappa shape index (κ2) is 11.3. The first kappa shape index (κ1) is 24.9. The van der Waals surface area contributed by atoms with Gasteiger partial charge in [0.25, 0.3) is 0 Å². The molecule has 0 aliphatic rings. The lowest BCUT2D eigenvalue weighted by Gasteiger charge is -2.12. The molecule has 0 fully saturated rings. The van der Waals surface area contributed by atoms with E-state index in [9.17, 15) is 0 Å². The van der Waals surface area contributed by atoms with Crippen LogP contribution in [0, 0.1) is 20.8 Å². The third-order valence-corrected chi connectivity index (χ3v) is 5.51. The standard InChI is InChI=1S/C21H19N5OS2.2ClH/c1-13-9-14(2)24-21(23-13)29-17-10-18(27-16-7-5-4-6-8-16)19(22-11-17)26-20-25-15(3)12-28-20;;/h4-12H,1-3H3,(H,22,25,26);2*1H. The number of para-hydroxylation sites is 1. The molecule has 162 valence electrons. The van der Waals surface area contributed by atoms with E-state index in [1.165, 1.54) is 23.1 Å². The van der Waals surface area contributed by atoms with Gasteiger partial charge < -0.3 is 10.1 Å². The number of anilines is 2. The monoisotopic (exact) mass is 493 g/mol. The van der Waals surface area contributed by atoms with Crippen molar-refractivity contribution in [2.24, 2.45) is 0 Å². The normalized spacial score (nSPS) is 10.0. The maximum atomic E-state index is 6.11. The number of aromatic nitrogens is 4. The van der Waals surface area contributed by atoms with E-state index in [0.29, 0.717) is 16.7 Å². The fourth-order valence-corrected chi connectivity index (χ4v) is 4.18. The number of aryl methyl sites for hydroxylation is 3. The number of rotatable bonds is 6. The Bertz CT molecular complexity index is 1120. The number of nitrogens with zero attached hydrogens (tertiary/aromatic N) is 4. The molecule has 0 saturated carbocycles. The number of pyridine rings is 1. The number of benzene rings is 1. The Labute approximate surface area is 201 Å². The van der Waals surface area contributed by atoms with E-state index in [1.54, 1.807) is 6.20 Å². The summed E-state index contributed by atoms with van der Waals surface area (Å²) in [6, 6.07) is 13.5. The molecule has 3 aromatic heterocycles. The lowest BCUT2D eigenvalue weighted by Crippen LogP contribution is -1.98. The molecule has 0 atom stereocenters. The largest absolute Gasteiger partial charge is 0.453 e. The first-order valence-electron chi connectivity index (χ1n) is 8.97. The number of nitrogens with one attached hydrogen (secondary N) is 1. The number of thiazole rings is 1. The molecule has 0 aliphatic heterocycles. The van der Waals surface area contributed by atoms with Crippen molar-refractivity contribution in [3.8, 4) is 11.5 Å². The molecular weight excluding hydrogens is 473 g/mol. The molecule has 4 rings (SSSR count). The molecule has 1 N–H and O–H groups in total. The fourth-order valence-electron chi connectivity index (χ4n) is 2.63. The van der Waals surface area contributed by atoms with Crippen LogP contribution < -0.4 is 10.1 Å². The average Bonchev–Trinajstić information content (AvgIpc) is 3.09. The predicted molar refractivity (Wildman–Crippen MR) is 131 cm³/mol. The summed E-state index contributed by atoms with van der Waals surface area (Å²) in [6.07, 6.45) is 1.78. The molecule has 0 aliphatic carbocycles. The first-order chi connectivity index (χ1) is 14.0. The quantitative estimate of drug-likeness (QED) is 0.296. The van der Waals surface area contributed by atoms with Crippen LogP contribution in [0.2, 0.25) is 0 Å². The molecule has 10 heteroatoms. The van der Waals surface area contributed by atoms with Gasteiger partial charge >= 0.3 is 0 Å². The smallest absolute Gasteiger partial charge is 0.192 e. The second-order valence-corrected chi connectivity index (χ2v) is 8.29. The van der Waals surface area contributed by atoms with Gasteiger partial charge in [0, 0.05) is 33.9 Å². The Morgan fingerprint density at radius 2 is 1.61 bits per heavy atom. The van der Waals surface area contributed by atoms with Crippen LogP contribution in [0.25, 0.3) is 0 Å². The van der Waals surface area contributed by atoms with Crippen LogP contribution >= 0.6 is 47.9 Å². The Morgan fingerprint density at radius 1 is 0.903 bits per heavy atom. The maximum Gasteiger partial charge on any atom is 0.192 e. The zero-order valence-electron chi connectivity index (χ0n) is 17.0. The lowest BCUT2D eigenvalue weighted by molar-refractivity contribution is 0.481. The summed E-state index contributed by atoms with van der Waals surface area (Å²) in [7, 11) is 0. The van der Waals surface area contributed by atoms with Gasteiger partial charge in [0.05, 0.1) is 5.69 Å². The molecular formula is C21H21Cl2N5OS2. The van der Waals surface area contributed by atoms with Crippen LogP contribution in [0.1, 0.15) is 17.1 Å². The summed E-state index contributed by atoms with van der Waals surface area (Å²) < 4.78 is 6.11. The molecule has 0 unspecified atom stereocenters. The molecule has 3 heterocycles. The van der Waals surface area contributed by atoms with Crippen molar-refractivity contribution in [3.63, 3.8) is 0 Å². The van der Waals surface area contributed by atoms with Crippen LogP contribution in [-0.4, -0.2) is 19.9 Å². The van der Waals surface area contributed by atoms with E-state index in [1.807, 2.05) is 68.6 Å². The van der Waals surface area contributed by atoms with E-state index in [2.05, 4.69) is 25.3 Å². The molecule has 0 radical (unpaired) electrons. The molecule has 0 amide bonds. The Hall–Kier alpha value is -2.39. The van der Waals surface area contributed by atoms with Gasteiger partial charge in [-0.25, -0.2) is 19.9 Å². The number of ether oxygens (including phenoxy) is 1. The van der Waals surface area contributed by atoms with Crippen molar-refractivity contribution in [1.29, 1.82) is 0 Å². The van der Waals surface area contributed by atoms with E-state index in [-0.39, 0.29) is 24.8 Å². The Balaban J connectivity index is 0.00000171. The minimum absolute atomic E-state index is 0. The van der Waals surface area contributed by atoms with Crippen molar-refractivity contribution in [1.82, 2.24) is 19.9 Å². The van der Waals surface area contributed by atoms with Crippen molar-refractivity contribution < 1.29 is 4.74 Å². The highest BCUT2D eigenvalue weighted by molar-refractivity contribution is 7.99. The SMILES string of the molecule is Cc1cc(C)nc(Sc2cnc(Nc3nc(C)cs3)c(Oc3ccccc3)c2)n1.Cl.Cl. The van der Waals surface area contributed by atoms with Crippen molar-refractivity contribution >= 4 is 58.9 Å². The fraction of sp³-hybridized carbons (Fsp3) is 0.143. The summed E-state index contributed by atoms with van der Waals surface area (Å²) in [4.78, 5) is 18.9. The van der Waals surface area contributed by atoms with Gasteiger partial charge in [-0.05, 0) is 50.7 Å². The molecule has 4 aromatic rings. The lowest BCUT2D eigenvalue weighted by atomic mass is 10.3. The highest BCUT2D eigenvalue weighted by Crippen LogP contribution is 2.35. The number of hydrogen-bond acceptors (Lipinski definition) is 8. The summed E-state index contributed by atoms with van der Waals surface area (Å²) >= 11 is 2.98. The van der Waals surface area contributed by atoms with E-state index < -0.39 is 0 Å². The van der Waals surface area contributed by atoms with Gasteiger partial charge in [-0.15, -0.1) is 36.2 Å². The second-order valence-electron chi connectivity index (χ2n) is 6.39. The summed E-state index contributed by atoms with van der Waals surface area (Å²) in [5.74, 6) is 1.95. The van der Waals surface area contributed by atoms with Crippen LogP contribution in [0.5, 0.6) is 11.5 Å². The van der Waals surface area contributed by atoms with Gasteiger partial charge in [0.2, 0.25) is 0 Å². The van der Waals surface area contributed by atoms with Crippen LogP contribution in [0.3, 0.4) is 0 Å². The molecule has 0 bridgehead atoms. The number of halogens is 2. The van der Waals surface area contributed by atoms with Gasteiger partial charge in [0.1, 0.15) is 5.75 Å². The minimum atomic E-state index is 0. The number of hydrogen-bond donors (Lipinski definition) is 1. The van der Waals surface area contributed by atoms with Gasteiger partial charge in [-0.1, -0.05) is 18.2 Å². The minimum Gasteiger partial charge on any atom is -0.453 e. The highest BCUT2D eigenvalue weighted by Gasteiger charge is 2.13. The zero-order chi connectivity index (χ0) is 20.2. The van der Waals surface area contributed by atoms with E-state index in [4.69, 9.17) is 4.74 Å². The predicted octanol–water partition coefficient (Wildman–Crippen LogP) is 6.78. The third-order valence-electron chi connectivity index (χ3n) is 3.81. The summed E-state index contributed by atoms with van der Waals surface area (Å²) in [5, 5.41) is 6.70. The van der Waals surface area contributed by atoms with E-state index in [0.717, 1.165) is 32.9 Å². The first-order valence-corrected chi connectivity index (χ1v) is 10.7. The molecule has 0 spiro atoms. The third kappa shape index (κ3) is 6.80. The Kier molecular flexibility index (Phi) is 9.06. The molecule has 1 aromatic carbocycles. The Morgan fingerprint density at radius 3 is 2.26 bits per heavy atom. The highest BCUT2D eigenvalue weighted by atomic mass is 35.5. The van der Waals surface area contributed by atoms with Gasteiger partial charge in [-0.3, -0.25) is 0 Å². The van der Waals surface area contributed by atoms with Crippen molar-refractivity contribution in [3.05, 3.63) is 71.1 Å². The van der Waals surface area contributed by atoms with E-state index >= 15 is 0 Å². The zero-order valence-corrected chi connectivity index (χ0v) is 20.3. The molecule has 6 nitrogen and oxygen atoms in total. The molecule has 31 heavy (non-hydrogen) atoms.